The molecule has 3 heterocycles. The van der Waals surface area contributed by atoms with E-state index in [1.54, 1.807) is 0 Å². The van der Waals surface area contributed by atoms with E-state index in [0.29, 0.717) is 0 Å². The summed E-state index contributed by atoms with van der Waals surface area (Å²) >= 11 is 0. The Morgan fingerprint density at radius 1 is 0.269 bits per heavy atom. The summed E-state index contributed by atoms with van der Waals surface area (Å²) in [6, 6.07) is 87.2. The van der Waals surface area contributed by atoms with Gasteiger partial charge in [0.25, 0.3) is 0 Å². The molecule has 13 rings (SSSR count). The Bertz CT molecular complexity index is 3870. The number of aromatic nitrogens is 3. The Labute approximate surface area is 388 Å². The quantitative estimate of drug-likeness (QED) is 0.150. The summed E-state index contributed by atoms with van der Waals surface area (Å²) in [7, 11) is 0. The fraction of sp³-hybridized carbons (Fsp3) is 0. The van der Waals surface area contributed by atoms with Crippen LogP contribution in [0.1, 0.15) is 0 Å². The summed E-state index contributed by atoms with van der Waals surface area (Å²) in [6.07, 6.45) is 2.25. The number of hydrogen-bond donors (Lipinski definition) is 0. The highest BCUT2D eigenvalue weighted by Crippen LogP contribution is 2.42. The summed E-state index contributed by atoms with van der Waals surface area (Å²) in [6.45, 7) is 0. The van der Waals surface area contributed by atoms with E-state index in [1.165, 1.54) is 48.7 Å². The van der Waals surface area contributed by atoms with Gasteiger partial charge in [-0.3, -0.25) is 4.40 Å². The lowest BCUT2D eigenvalue weighted by Crippen LogP contribution is -1.95. The van der Waals surface area contributed by atoms with Crippen LogP contribution in [-0.4, -0.2) is 14.4 Å². The van der Waals surface area contributed by atoms with Crippen LogP contribution in [0.25, 0.3) is 127 Å². The van der Waals surface area contributed by atoms with Crippen molar-refractivity contribution in [1.29, 1.82) is 0 Å². The third-order valence-corrected chi connectivity index (χ3v) is 13.4. The normalized spacial score (nSPS) is 11.6. The minimum Gasteiger partial charge on any atom is -0.298 e. The molecule has 67 heavy (non-hydrogen) atoms. The SMILES string of the molecule is c1ccc(-c2cc(-c3ccccc3)c3nc(-c4ccccc4)c(-c4ccc(-c5cc(-c6cc7ccccc7c7ccccc67)cc(-c6cc7ccccc7c7ccccc67)n5)cc4)n3c2)cc1. The van der Waals surface area contributed by atoms with Crippen molar-refractivity contribution in [3.05, 3.63) is 249 Å². The molecule has 13 aromatic rings. The molecule has 0 aliphatic heterocycles. The molecule has 0 spiro atoms. The fourth-order valence-electron chi connectivity index (χ4n) is 10.2. The van der Waals surface area contributed by atoms with E-state index in [9.17, 15) is 0 Å². The van der Waals surface area contributed by atoms with Crippen LogP contribution in [0, 0.1) is 0 Å². The number of nitrogens with zero attached hydrogens (tertiary/aromatic N) is 3. The zero-order valence-corrected chi connectivity index (χ0v) is 36.5. The molecule has 3 aromatic heterocycles. The van der Waals surface area contributed by atoms with Crippen LogP contribution < -0.4 is 0 Å². The molecule has 312 valence electrons. The molecule has 0 saturated carbocycles. The molecule has 3 heteroatoms. The zero-order valence-electron chi connectivity index (χ0n) is 36.5. The van der Waals surface area contributed by atoms with Gasteiger partial charge in [-0.05, 0) is 101 Å². The minimum absolute atomic E-state index is 0.910. The maximum Gasteiger partial charge on any atom is 0.145 e. The lowest BCUT2D eigenvalue weighted by molar-refractivity contribution is 1.19. The summed E-state index contributed by atoms with van der Waals surface area (Å²) in [5.41, 5.74) is 15.8. The first kappa shape index (κ1) is 38.5. The smallest absolute Gasteiger partial charge is 0.145 e. The predicted octanol–water partition coefficient (Wildman–Crippen LogP) is 17.0. The molecule has 0 saturated heterocycles. The molecule has 0 bridgehead atoms. The van der Waals surface area contributed by atoms with Crippen LogP contribution in [0.15, 0.2) is 249 Å². The largest absolute Gasteiger partial charge is 0.298 e. The van der Waals surface area contributed by atoms with Gasteiger partial charge in [0, 0.05) is 34.0 Å². The predicted molar refractivity (Wildman–Crippen MR) is 281 cm³/mol. The summed E-state index contributed by atoms with van der Waals surface area (Å²) in [4.78, 5) is 11.1. The highest BCUT2D eigenvalue weighted by Gasteiger charge is 2.22. The van der Waals surface area contributed by atoms with Crippen LogP contribution in [0.4, 0.5) is 0 Å². The Hall–Kier alpha value is -8.92. The van der Waals surface area contributed by atoms with E-state index < -0.39 is 0 Å². The van der Waals surface area contributed by atoms with Gasteiger partial charge in [-0.15, -0.1) is 0 Å². The highest BCUT2D eigenvalue weighted by atomic mass is 15.0. The molecular weight excluding hydrogens is 811 g/mol. The maximum absolute atomic E-state index is 5.58. The zero-order chi connectivity index (χ0) is 44.3. The van der Waals surface area contributed by atoms with Crippen LogP contribution in [0.5, 0.6) is 0 Å². The van der Waals surface area contributed by atoms with Gasteiger partial charge in [-0.1, -0.05) is 212 Å². The number of imidazole rings is 1. The minimum atomic E-state index is 0.910. The van der Waals surface area contributed by atoms with Gasteiger partial charge in [0.15, 0.2) is 0 Å². The van der Waals surface area contributed by atoms with Gasteiger partial charge in [0.05, 0.1) is 22.8 Å². The first-order chi connectivity index (χ1) is 33.2. The van der Waals surface area contributed by atoms with E-state index in [4.69, 9.17) is 9.97 Å². The summed E-state index contributed by atoms with van der Waals surface area (Å²) in [5.74, 6) is 0. The third-order valence-electron chi connectivity index (χ3n) is 13.4. The number of pyridine rings is 2. The molecule has 0 atom stereocenters. The number of fused-ring (bicyclic) bond motifs is 7. The van der Waals surface area contributed by atoms with Crippen LogP contribution in [0.3, 0.4) is 0 Å². The Morgan fingerprint density at radius 2 is 0.746 bits per heavy atom. The molecule has 0 aliphatic carbocycles. The van der Waals surface area contributed by atoms with Gasteiger partial charge >= 0.3 is 0 Å². The Kier molecular flexibility index (Phi) is 9.17. The molecule has 10 aromatic carbocycles. The van der Waals surface area contributed by atoms with Crippen molar-refractivity contribution >= 4 is 48.7 Å². The fourth-order valence-corrected chi connectivity index (χ4v) is 10.2. The van der Waals surface area contributed by atoms with E-state index >= 15 is 0 Å². The molecule has 0 N–H and O–H groups in total. The van der Waals surface area contributed by atoms with Gasteiger partial charge in [-0.2, -0.15) is 0 Å². The first-order valence-corrected chi connectivity index (χ1v) is 22.9. The molecule has 0 unspecified atom stereocenters. The molecule has 0 radical (unpaired) electrons. The Balaban J connectivity index is 1.04. The van der Waals surface area contributed by atoms with E-state index in [2.05, 4.69) is 253 Å². The molecule has 3 nitrogen and oxygen atoms in total. The van der Waals surface area contributed by atoms with E-state index in [1.807, 2.05) is 0 Å². The second-order valence-electron chi connectivity index (χ2n) is 17.3. The average Bonchev–Trinajstić information content (AvgIpc) is 3.80. The molecular formula is C64H41N3. The molecule has 0 aliphatic rings. The number of hydrogen-bond acceptors (Lipinski definition) is 2. The van der Waals surface area contributed by atoms with Crippen molar-refractivity contribution in [3.8, 4) is 78.4 Å². The van der Waals surface area contributed by atoms with Gasteiger partial charge < -0.3 is 0 Å². The van der Waals surface area contributed by atoms with Crippen molar-refractivity contribution in [2.24, 2.45) is 0 Å². The van der Waals surface area contributed by atoms with E-state index in [0.717, 1.165) is 78.5 Å². The number of rotatable bonds is 7. The summed E-state index contributed by atoms with van der Waals surface area (Å²) in [5, 5.41) is 9.75. The van der Waals surface area contributed by atoms with Crippen LogP contribution in [-0.2, 0) is 0 Å². The lowest BCUT2D eigenvalue weighted by atomic mass is 9.90. The van der Waals surface area contributed by atoms with Crippen molar-refractivity contribution < 1.29 is 0 Å². The standard InChI is InChI=1S/C64H41N3/c1-4-18-42(19-5-1)50-38-58(43-20-6-2-7-21-43)64-66-62(45-22-8-3-9-23-45)63(67(64)41-50)46-34-32-44(33-35-46)60-39-49(57-36-47-24-10-12-26-51(47)53-28-14-16-30-55(53)57)40-61(65-60)59-37-48-25-11-13-27-52(48)54-29-15-17-31-56(54)59/h1-41H. The Morgan fingerprint density at radius 3 is 1.37 bits per heavy atom. The van der Waals surface area contributed by atoms with E-state index in [-0.39, 0.29) is 0 Å². The molecule has 0 amide bonds. The highest BCUT2D eigenvalue weighted by molar-refractivity contribution is 6.15. The lowest BCUT2D eigenvalue weighted by Gasteiger charge is -2.16. The average molecular weight is 852 g/mol. The van der Waals surface area contributed by atoms with Crippen LogP contribution in [0.2, 0.25) is 0 Å². The van der Waals surface area contributed by atoms with Gasteiger partial charge in [0.2, 0.25) is 0 Å². The third kappa shape index (κ3) is 6.67. The first-order valence-electron chi connectivity index (χ1n) is 22.9. The monoisotopic (exact) mass is 851 g/mol. The molecule has 0 fully saturated rings. The number of benzene rings is 10. The second-order valence-corrected chi connectivity index (χ2v) is 17.3. The van der Waals surface area contributed by atoms with Gasteiger partial charge in [-0.25, -0.2) is 9.97 Å². The maximum atomic E-state index is 5.58. The van der Waals surface area contributed by atoms with Crippen molar-refractivity contribution in [2.45, 2.75) is 0 Å². The second kappa shape index (κ2) is 16.0. The van der Waals surface area contributed by atoms with Crippen molar-refractivity contribution in [1.82, 2.24) is 14.4 Å². The topological polar surface area (TPSA) is 30.2 Å². The van der Waals surface area contributed by atoms with Gasteiger partial charge in [0.1, 0.15) is 5.65 Å². The van der Waals surface area contributed by atoms with Crippen molar-refractivity contribution in [2.75, 3.05) is 0 Å². The van der Waals surface area contributed by atoms with Crippen LogP contribution >= 0.6 is 0 Å². The van der Waals surface area contributed by atoms with Crippen molar-refractivity contribution in [3.63, 3.8) is 0 Å². The summed E-state index contributed by atoms with van der Waals surface area (Å²) < 4.78 is 2.30.